The summed E-state index contributed by atoms with van der Waals surface area (Å²) in [6, 6.07) is 3.16. The van der Waals surface area contributed by atoms with Crippen LogP contribution in [0.15, 0.2) is 18.3 Å². The van der Waals surface area contributed by atoms with Gasteiger partial charge in [-0.1, -0.05) is 0 Å². The molecule has 1 aliphatic heterocycles. The van der Waals surface area contributed by atoms with Crippen molar-refractivity contribution in [2.24, 2.45) is 0 Å². The van der Waals surface area contributed by atoms with E-state index < -0.39 is 41.7 Å². The number of carbonyl (C=O) groups is 4. The Morgan fingerprint density at radius 3 is 2.17 bits per heavy atom. The first-order valence-corrected chi connectivity index (χ1v) is 10.1. The zero-order valence-corrected chi connectivity index (χ0v) is 18.1. The highest BCUT2D eigenvalue weighted by molar-refractivity contribution is 7.99. The maximum atomic E-state index is 12.4. The molecule has 11 heteroatoms. The van der Waals surface area contributed by atoms with Crippen LogP contribution >= 0.6 is 11.8 Å². The van der Waals surface area contributed by atoms with Gasteiger partial charge in [-0.2, -0.15) is 0 Å². The van der Waals surface area contributed by atoms with Crippen LogP contribution in [0.3, 0.4) is 0 Å². The molecule has 1 aromatic heterocycles. The molecule has 2 heterocycles. The minimum absolute atomic E-state index is 0.0795. The van der Waals surface area contributed by atoms with E-state index in [2.05, 4.69) is 4.98 Å². The van der Waals surface area contributed by atoms with Crippen molar-refractivity contribution in [3.63, 3.8) is 0 Å². The van der Waals surface area contributed by atoms with Gasteiger partial charge >= 0.3 is 17.9 Å². The van der Waals surface area contributed by atoms with Crippen molar-refractivity contribution in [1.29, 1.82) is 0 Å². The van der Waals surface area contributed by atoms with E-state index in [1.807, 2.05) is 0 Å². The number of rotatable bonds is 6. The number of ether oxygens (including phenoxy) is 4. The Kier molecular flexibility index (Phi) is 8.04. The van der Waals surface area contributed by atoms with Crippen LogP contribution in [0.5, 0.6) is 5.75 Å². The molecule has 2 rings (SSSR count). The number of esters is 3. The van der Waals surface area contributed by atoms with Crippen LogP contribution in [-0.4, -0.2) is 77.3 Å². The quantitative estimate of drug-likeness (QED) is 0.468. The molecule has 1 aliphatic rings. The topological polar surface area (TPSA) is 121 Å². The van der Waals surface area contributed by atoms with Gasteiger partial charge in [-0.3, -0.25) is 19.2 Å². The van der Waals surface area contributed by atoms with Crippen molar-refractivity contribution < 1.29 is 38.1 Å². The summed E-state index contributed by atoms with van der Waals surface area (Å²) in [6.45, 7) is 3.63. The second-order valence-corrected chi connectivity index (χ2v) is 7.80. The molecule has 0 saturated carbocycles. The van der Waals surface area contributed by atoms with Crippen LogP contribution in [-0.2, 0) is 28.6 Å². The van der Waals surface area contributed by atoms with Crippen molar-refractivity contribution in [1.82, 2.24) is 9.88 Å². The summed E-state index contributed by atoms with van der Waals surface area (Å²) < 4.78 is 21.9. The first-order valence-electron chi connectivity index (χ1n) is 9.06. The zero-order valence-electron chi connectivity index (χ0n) is 17.3. The number of hydrogen-bond donors (Lipinski definition) is 0. The Bertz CT molecular complexity index is 815. The minimum Gasteiger partial charge on any atom is -0.473 e. The van der Waals surface area contributed by atoms with Gasteiger partial charge in [0.2, 0.25) is 0 Å². The monoisotopic (exact) mass is 440 g/mol. The molecule has 30 heavy (non-hydrogen) atoms. The Morgan fingerprint density at radius 2 is 1.60 bits per heavy atom. The Labute approximate surface area is 178 Å². The molecule has 164 valence electrons. The highest BCUT2D eigenvalue weighted by Gasteiger charge is 2.48. The third-order valence-corrected chi connectivity index (χ3v) is 5.14. The van der Waals surface area contributed by atoms with E-state index >= 15 is 0 Å². The average molecular weight is 440 g/mol. The van der Waals surface area contributed by atoms with E-state index in [9.17, 15) is 19.2 Å². The minimum atomic E-state index is -1.09. The van der Waals surface area contributed by atoms with E-state index in [0.29, 0.717) is 0 Å². The van der Waals surface area contributed by atoms with E-state index in [-0.39, 0.29) is 23.1 Å². The van der Waals surface area contributed by atoms with Crippen molar-refractivity contribution in [3.05, 3.63) is 24.0 Å². The van der Waals surface area contributed by atoms with Gasteiger partial charge < -0.3 is 23.8 Å². The zero-order chi connectivity index (χ0) is 22.4. The van der Waals surface area contributed by atoms with E-state index in [4.69, 9.17) is 18.9 Å². The summed E-state index contributed by atoms with van der Waals surface area (Å²) in [7, 11) is 3.16. The number of nitrogens with zero attached hydrogens (tertiary/aromatic N) is 2. The van der Waals surface area contributed by atoms with Gasteiger partial charge in [0.15, 0.2) is 35.2 Å². The second-order valence-electron chi connectivity index (χ2n) is 6.67. The lowest BCUT2D eigenvalue weighted by Gasteiger charge is -2.40. The largest absolute Gasteiger partial charge is 0.473 e. The number of aromatic nitrogens is 1. The van der Waals surface area contributed by atoms with Gasteiger partial charge in [-0.25, -0.2) is 4.98 Å². The number of amides is 1. The van der Waals surface area contributed by atoms with Crippen LogP contribution in [0.4, 0.5) is 0 Å². The lowest BCUT2D eigenvalue weighted by Crippen LogP contribution is -2.55. The molecule has 1 saturated heterocycles. The molecule has 1 fully saturated rings. The smallest absolute Gasteiger partial charge is 0.303 e. The Balaban J connectivity index is 2.37. The second kappa shape index (κ2) is 10.3. The number of carbonyl (C=O) groups excluding carboxylic acids is 4. The molecule has 0 aromatic carbocycles. The molecule has 1 aromatic rings. The predicted octanol–water partition coefficient (Wildman–Crippen LogP) is 1.03. The Morgan fingerprint density at radius 1 is 1.00 bits per heavy atom. The Hall–Kier alpha value is -2.82. The molecule has 4 atom stereocenters. The van der Waals surface area contributed by atoms with E-state index in [1.165, 1.54) is 43.6 Å². The van der Waals surface area contributed by atoms with Crippen molar-refractivity contribution in [2.45, 2.75) is 44.5 Å². The fraction of sp³-hybridized carbons (Fsp3) is 0.526. The molecule has 0 aliphatic carbocycles. The summed E-state index contributed by atoms with van der Waals surface area (Å²) in [4.78, 5) is 52.7. The molecule has 0 spiro atoms. The lowest BCUT2D eigenvalue weighted by molar-refractivity contribution is -0.186. The molecular formula is C19H24N2O8S. The maximum Gasteiger partial charge on any atom is 0.303 e. The van der Waals surface area contributed by atoms with Gasteiger partial charge in [0.25, 0.3) is 5.91 Å². The van der Waals surface area contributed by atoms with E-state index in [0.717, 1.165) is 0 Å². The first kappa shape index (κ1) is 23.5. The molecule has 0 N–H and O–H groups in total. The summed E-state index contributed by atoms with van der Waals surface area (Å²) in [5, 5.41) is 0. The average Bonchev–Trinajstić information content (AvgIpc) is 2.65. The van der Waals surface area contributed by atoms with Gasteiger partial charge in [0.05, 0.1) is 0 Å². The number of pyridine rings is 1. The maximum absolute atomic E-state index is 12.4. The van der Waals surface area contributed by atoms with Crippen LogP contribution in [0.25, 0.3) is 0 Å². The van der Waals surface area contributed by atoms with Crippen molar-refractivity contribution in [2.75, 3.05) is 19.8 Å². The van der Waals surface area contributed by atoms with Gasteiger partial charge in [-0.15, -0.1) is 11.8 Å². The van der Waals surface area contributed by atoms with Crippen LogP contribution in [0.2, 0.25) is 0 Å². The van der Waals surface area contributed by atoms with Crippen LogP contribution < -0.4 is 4.74 Å². The third-order valence-electron chi connectivity index (χ3n) is 3.93. The summed E-state index contributed by atoms with van der Waals surface area (Å²) in [5.41, 5.74) is -0.765. The van der Waals surface area contributed by atoms with Gasteiger partial charge in [-0.05, 0) is 12.1 Å². The molecule has 1 amide bonds. The molecular weight excluding hydrogens is 416 g/mol. The highest BCUT2D eigenvalue weighted by atomic mass is 32.2. The highest BCUT2D eigenvalue weighted by Crippen LogP contribution is 2.35. The fourth-order valence-electron chi connectivity index (χ4n) is 2.79. The SMILES string of the molecule is CC(=O)O[C@@H]1[C@@H](OC(C)=O)[C@H](OC(C)=O)CS[C@H]1Oc1cccnc1C(=O)N(C)C. The van der Waals surface area contributed by atoms with Crippen molar-refractivity contribution >= 4 is 35.6 Å². The van der Waals surface area contributed by atoms with Gasteiger partial charge in [0.1, 0.15) is 0 Å². The normalized spacial score (nSPS) is 23.1. The number of thioether (sulfide) groups is 1. The lowest BCUT2D eigenvalue weighted by atomic mass is 10.1. The number of hydrogen-bond acceptors (Lipinski definition) is 10. The van der Waals surface area contributed by atoms with Crippen LogP contribution in [0.1, 0.15) is 31.3 Å². The van der Waals surface area contributed by atoms with Crippen molar-refractivity contribution in [3.8, 4) is 5.75 Å². The third kappa shape index (κ3) is 6.09. The van der Waals surface area contributed by atoms with E-state index in [1.54, 1.807) is 26.2 Å². The molecule has 0 radical (unpaired) electrons. The first-order chi connectivity index (χ1) is 14.1. The summed E-state index contributed by atoms with van der Waals surface area (Å²) >= 11 is 1.20. The molecule has 0 bridgehead atoms. The van der Waals surface area contributed by atoms with Crippen LogP contribution in [0, 0.1) is 0 Å². The molecule has 0 unspecified atom stereocenters. The summed E-state index contributed by atoms with van der Waals surface area (Å²) in [5.74, 6) is -1.81. The fourth-order valence-corrected chi connectivity index (χ4v) is 4.00. The summed E-state index contributed by atoms with van der Waals surface area (Å²) in [6.07, 6.45) is -1.54. The standard InChI is InChI=1S/C19H24N2O8S/c1-10(22)26-14-9-30-19(17(28-12(3)24)16(14)27-11(2)23)29-13-7-6-8-20-15(13)18(25)21(4)5/h6-8,14,16-17,19H,9H2,1-5H3/t14-,16+,17-,19-/m1/s1. The predicted molar refractivity (Wildman–Crippen MR) is 106 cm³/mol. The molecule has 10 nitrogen and oxygen atoms in total. The van der Waals surface area contributed by atoms with Gasteiger partial charge in [0, 0.05) is 46.8 Å².